The molecule has 0 spiro atoms. The molecule has 50 heavy (non-hydrogen) atoms. The second-order valence-electron chi connectivity index (χ2n) is 15.2. The molecule has 4 N–H and O–H groups in total. The molecule has 278 valence electrons. The van der Waals surface area contributed by atoms with E-state index >= 15 is 0 Å². The normalized spacial score (nSPS) is 15.5. The molecule has 3 aromatic rings. The molecule has 0 aliphatic rings. The van der Waals surface area contributed by atoms with Crippen LogP contribution in [0.5, 0.6) is 0 Å². The van der Waals surface area contributed by atoms with Crippen LogP contribution in [0.25, 0.3) is 22.1 Å². The zero-order valence-electron chi connectivity index (χ0n) is 29.7. The highest BCUT2D eigenvalue weighted by Crippen LogP contribution is 2.42. The summed E-state index contributed by atoms with van der Waals surface area (Å²) in [7, 11) is 0. The molecule has 0 saturated carbocycles. The quantitative estimate of drug-likeness (QED) is 0.0527. The lowest BCUT2D eigenvalue weighted by Crippen LogP contribution is -2.58. The smallest absolute Gasteiger partial charge is 0.417 e. The number of ether oxygens (including phenoxy) is 1. The number of thioether (sulfide) groups is 1. The number of rotatable bonds is 15. The van der Waals surface area contributed by atoms with E-state index in [0.29, 0.717) is 22.3 Å². The van der Waals surface area contributed by atoms with Crippen molar-refractivity contribution in [1.29, 1.82) is 0 Å². The van der Waals surface area contributed by atoms with E-state index in [1.54, 1.807) is 46.8 Å². The van der Waals surface area contributed by atoms with Crippen LogP contribution in [0.3, 0.4) is 0 Å². The van der Waals surface area contributed by atoms with Crippen molar-refractivity contribution in [2.75, 3.05) is 12.4 Å². The van der Waals surface area contributed by atoms with Crippen LogP contribution < -0.4 is 17.1 Å². The number of unbranched alkanes of at least 4 members (excludes halogenated alkanes) is 2. The lowest BCUT2D eigenvalue weighted by Gasteiger charge is -2.43. The van der Waals surface area contributed by atoms with E-state index in [1.165, 1.54) is 31.2 Å². The number of esters is 1. The molecule has 1 aromatic heterocycles. The van der Waals surface area contributed by atoms with Crippen LogP contribution in [0, 0.1) is 10.8 Å². The summed E-state index contributed by atoms with van der Waals surface area (Å²) in [5.41, 5.74) is 5.83. The highest BCUT2D eigenvalue weighted by Gasteiger charge is 2.50. The van der Waals surface area contributed by atoms with E-state index < -0.39 is 64.4 Å². The molecular weight excluding hydrogens is 682 g/mol. The summed E-state index contributed by atoms with van der Waals surface area (Å²) in [6, 6.07) is 9.81. The summed E-state index contributed by atoms with van der Waals surface area (Å²) >= 11 is 1.03. The number of carbonyl (C=O) groups is 1. The number of fused-ring (bicyclic) bond motifs is 1. The van der Waals surface area contributed by atoms with Crippen LogP contribution >= 0.6 is 11.8 Å². The van der Waals surface area contributed by atoms with Crippen molar-refractivity contribution in [3.8, 4) is 11.1 Å². The molecule has 2 unspecified atom stereocenters. The SMILES string of the molecule is CCCCCc1ccc(-c2cc3ccc(SCC(C)(COC(=O)C(C)(CC(C)(C)N)C(C)(C)N)CC(F)(F)F)cc3oc2=O)c(C(F)(F)F)c1. The first kappa shape index (κ1) is 41.4. The van der Waals surface area contributed by atoms with Crippen LogP contribution in [0.15, 0.2) is 56.6 Å². The van der Waals surface area contributed by atoms with Crippen molar-refractivity contribution in [3.05, 3.63) is 64.0 Å². The first-order valence-electron chi connectivity index (χ1n) is 16.5. The number of carbonyl (C=O) groups excluding carboxylic acids is 1. The van der Waals surface area contributed by atoms with Crippen molar-refractivity contribution < 1.29 is 40.3 Å². The Morgan fingerprint density at radius 1 is 0.860 bits per heavy atom. The minimum absolute atomic E-state index is 0.0581. The van der Waals surface area contributed by atoms with Crippen LogP contribution in [-0.2, 0) is 22.1 Å². The lowest BCUT2D eigenvalue weighted by atomic mass is 9.67. The van der Waals surface area contributed by atoms with Gasteiger partial charge in [0, 0.05) is 38.1 Å². The van der Waals surface area contributed by atoms with E-state index in [-0.39, 0.29) is 28.9 Å². The molecule has 0 saturated heterocycles. The first-order chi connectivity index (χ1) is 22.8. The number of benzene rings is 2. The fourth-order valence-electron chi connectivity index (χ4n) is 5.92. The van der Waals surface area contributed by atoms with Crippen LogP contribution in [0.4, 0.5) is 26.3 Å². The monoisotopic (exact) mass is 730 g/mol. The van der Waals surface area contributed by atoms with Gasteiger partial charge in [0.1, 0.15) is 5.58 Å². The summed E-state index contributed by atoms with van der Waals surface area (Å²) in [5.74, 6) is -0.900. The Bertz CT molecular complexity index is 1710. The second kappa shape index (κ2) is 15.3. The summed E-state index contributed by atoms with van der Waals surface area (Å²) in [6.07, 6.45) is -7.39. The van der Waals surface area contributed by atoms with Gasteiger partial charge in [-0.1, -0.05) is 44.9 Å². The molecular formula is C37H48F6N2O4S. The van der Waals surface area contributed by atoms with Gasteiger partial charge in [-0.15, -0.1) is 11.8 Å². The van der Waals surface area contributed by atoms with Gasteiger partial charge in [-0.3, -0.25) is 4.79 Å². The summed E-state index contributed by atoms with van der Waals surface area (Å²) in [6.45, 7) is 11.1. The Balaban J connectivity index is 1.89. The highest BCUT2D eigenvalue weighted by molar-refractivity contribution is 7.99. The van der Waals surface area contributed by atoms with Crippen LogP contribution in [0.1, 0.15) is 91.7 Å². The van der Waals surface area contributed by atoms with Crippen molar-refractivity contribution in [1.82, 2.24) is 0 Å². The average Bonchev–Trinajstić information content (AvgIpc) is 2.96. The Morgan fingerprint density at radius 3 is 2.08 bits per heavy atom. The Hall–Kier alpha value is -3.03. The van der Waals surface area contributed by atoms with Crippen LogP contribution in [0.2, 0.25) is 0 Å². The number of nitrogens with two attached hydrogens (primary N) is 2. The molecule has 0 aliphatic carbocycles. The zero-order valence-corrected chi connectivity index (χ0v) is 30.5. The fraction of sp³-hybridized carbons (Fsp3) is 0.568. The number of hydrogen-bond acceptors (Lipinski definition) is 7. The molecule has 0 aliphatic heterocycles. The number of alkyl halides is 6. The van der Waals surface area contributed by atoms with E-state index in [1.807, 2.05) is 6.92 Å². The summed E-state index contributed by atoms with van der Waals surface area (Å²) < 4.78 is 94.7. The molecule has 6 nitrogen and oxygen atoms in total. The van der Waals surface area contributed by atoms with Crippen molar-refractivity contribution in [2.24, 2.45) is 22.3 Å². The molecule has 0 bridgehead atoms. The van der Waals surface area contributed by atoms with E-state index in [9.17, 15) is 35.9 Å². The maximum absolute atomic E-state index is 14.1. The maximum Gasteiger partial charge on any atom is 0.417 e. The molecule has 1 heterocycles. The molecule has 2 aromatic carbocycles. The third-order valence-electron chi connectivity index (χ3n) is 8.90. The largest absolute Gasteiger partial charge is 0.465 e. The minimum Gasteiger partial charge on any atom is -0.465 e. The van der Waals surface area contributed by atoms with E-state index in [0.717, 1.165) is 37.1 Å². The van der Waals surface area contributed by atoms with Gasteiger partial charge < -0.3 is 20.6 Å². The van der Waals surface area contributed by atoms with Crippen molar-refractivity contribution >= 4 is 28.7 Å². The number of hydrogen-bond donors (Lipinski definition) is 2. The molecule has 2 atom stereocenters. The van der Waals surface area contributed by atoms with Gasteiger partial charge in [-0.25, -0.2) is 4.79 Å². The van der Waals surface area contributed by atoms with Gasteiger partial charge in [-0.2, -0.15) is 26.3 Å². The first-order valence-corrected chi connectivity index (χ1v) is 17.5. The predicted molar refractivity (Wildman–Crippen MR) is 186 cm³/mol. The van der Waals surface area contributed by atoms with Crippen molar-refractivity contribution in [2.45, 2.75) is 115 Å². The number of aryl methyl sites for hydroxylation is 1. The minimum atomic E-state index is -4.71. The Morgan fingerprint density at radius 2 is 1.52 bits per heavy atom. The fourth-order valence-corrected chi connectivity index (χ4v) is 6.98. The second-order valence-corrected chi connectivity index (χ2v) is 16.2. The topological polar surface area (TPSA) is 109 Å². The molecule has 0 radical (unpaired) electrons. The molecule has 0 fully saturated rings. The molecule has 3 rings (SSSR count). The van der Waals surface area contributed by atoms with Crippen molar-refractivity contribution in [3.63, 3.8) is 0 Å². The lowest BCUT2D eigenvalue weighted by molar-refractivity contribution is -0.176. The summed E-state index contributed by atoms with van der Waals surface area (Å²) in [5, 5.41) is 0.336. The van der Waals surface area contributed by atoms with Gasteiger partial charge in [0.2, 0.25) is 0 Å². The van der Waals surface area contributed by atoms with Gasteiger partial charge in [0.25, 0.3) is 0 Å². The zero-order chi connectivity index (χ0) is 37.9. The van der Waals surface area contributed by atoms with Gasteiger partial charge >= 0.3 is 23.9 Å². The molecule has 0 amide bonds. The standard InChI is InChI=1S/C37H48F6N2O4S/c1-8-9-10-11-23-12-15-26(28(16-23)37(41,42)43)27-17-24-13-14-25(18-29(24)49-30(27)46)50-22-34(6,20-36(38,39)40)21-48-31(47)35(7,33(4,5)45)19-32(2,3)44/h12-18H,8-11,19-22,44-45H2,1-7H3. The highest BCUT2D eigenvalue weighted by atomic mass is 32.2. The van der Waals surface area contributed by atoms with Gasteiger partial charge in [-0.05, 0) is 83.7 Å². The third kappa shape index (κ3) is 11.0. The average molecular weight is 731 g/mol. The van der Waals surface area contributed by atoms with Gasteiger partial charge in [0.15, 0.2) is 0 Å². The maximum atomic E-state index is 14.1. The Labute approximate surface area is 293 Å². The number of halogens is 6. The predicted octanol–water partition coefficient (Wildman–Crippen LogP) is 9.68. The van der Waals surface area contributed by atoms with E-state index in [2.05, 4.69) is 0 Å². The molecule has 13 heteroatoms. The third-order valence-corrected chi connectivity index (χ3v) is 10.3. The Kier molecular flexibility index (Phi) is 12.7. The van der Waals surface area contributed by atoms with Gasteiger partial charge in [0.05, 0.1) is 29.6 Å². The van der Waals surface area contributed by atoms with Crippen LogP contribution in [-0.4, -0.2) is 35.6 Å². The van der Waals surface area contributed by atoms with E-state index in [4.69, 9.17) is 20.6 Å². The summed E-state index contributed by atoms with van der Waals surface area (Å²) in [4.78, 5) is 26.9.